The molecule has 0 atom stereocenters. The summed E-state index contributed by atoms with van der Waals surface area (Å²) in [6.45, 7) is 2.70. The minimum atomic E-state index is -0.315. The summed E-state index contributed by atoms with van der Waals surface area (Å²) in [7, 11) is 0. The van der Waals surface area contributed by atoms with Gasteiger partial charge in [0.2, 0.25) is 0 Å². The van der Waals surface area contributed by atoms with Gasteiger partial charge in [-0.1, -0.05) is 6.07 Å². The van der Waals surface area contributed by atoms with Gasteiger partial charge >= 0.3 is 0 Å². The van der Waals surface area contributed by atoms with Crippen molar-refractivity contribution in [2.24, 2.45) is 0 Å². The van der Waals surface area contributed by atoms with Gasteiger partial charge in [-0.05, 0) is 43.3 Å². The second kappa shape index (κ2) is 4.39. The Labute approximate surface area is 109 Å². The predicted molar refractivity (Wildman–Crippen MR) is 72.5 cm³/mol. The van der Waals surface area contributed by atoms with Gasteiger partial charge in [-0.25, -0.2) is 9.37 Å². The molecule has 1 N–H and O–H groups in total. The largest absolute Gasteiger partial charge is 0.508 e. The van der Waals surface area contributed by atoms with Crippen molar-refractivity contribution in [2.75, 3.05) is 0 Å². The lowest BCUT2D eigenvalue weighted by Crippen LogP contribution is -1.97. The van der Waals surface area contributed by atoms with Crippen molar-refractivity contribution in [3.05, 3.63) is 48.3 Å². The van der Waals surface area contributed by atoms with Crippen LogP contribution in [0.2, 0.25) is 0 Å². The number of imidazole rings is 1. The van der Waals surface area contributed by atoms with Crippen LogP contribution in [0.15, 0.2) is 42.5 Å². The first-order chi connectivity index (χ1) is 9.20. The van der Waals surface area contributed by atoms with Gasteiger partial charge < -0.3 is 9.67 Å². The first-order valence-electron chi connectivity index (χ1n) is 6.15. The van der Waals surface area contributed by atoms with Crippen LogP contribution in [0.1, 0.15) is 6.92 Å². The van der Waals surface area contributed by atoms with E-state index >= 15 is 0 Å². The SMILES string of the molecule is CCn1c(-c2ccc(O)cc2)nc2c(F)cccc21. The van der Waals surface area contributed by atoms with Crippen molar-refractivity contribution in [1.82, 2.24) is 9.55 Å². The fourth-order valence-corrected chi connectivity index (χ4v) is 2.26. The van der Waals surface area contributed by atoms with Gasteiger partial charge in [0.15, 0.2) is 5.82 Å². The maximum atomic E-state index is 13.8. The minimum absolute atomic E-state index is 0.203. The summed E-state index contributed by atoms with van der Waals surface area (Å²) in [5.41, 5.74) is 2.02. The Balaban J connectivity index is 2.29. The van der Waals surface area contributed by atoms with Crippen LogP contribution >= 0.6 is 0 Å². The molecule has 0 radical (unpaired) electrons. The zero-order valence-electron chi connectivity index (χ0n) is 10.5. The molecular weight excluding hydrogens is 243 g/mol. The molecule has 1 heterocycles. The summed E-state index contributed by atoms with van der Waals surface area (Å²) in [5.74, 6) is 0.599. The summed E-state index contributed by atoms with van der Waals surface area (Å²) >= 11 is 0. The van der Waals surface area contributed by atoms with E-state index in [-0.39, 0.29) is 11.6 Å². The molecule has 3 nitrogen and oxygen atoms in total. The van der Waals surface area contributed by atoms with Gasteiger partial charge in [-0.2, -0.15) is 0 Å². The second-order valence-corrected chi connectivity index (χ2v) is 4.33. The Bertz CT molecular complexity index is 732. The Morgan fingerprint density at radius 3 is 2.58 bits per heavy atom. The highest BCUT2D eigenvalue weighted by molar-refractivity contribution is 5.81. The molecule has 2 aromatic carbocycles. The van der Waals surface area contributed by atoms with E-state index in [9.17, 15) is 9.50 Å². The number of hydrogen-bond donors (Lipinski definition) is 1. The molecular formula is C15H13FN2O. The van der Waals surface area contributed by atoms with Crippen LogP contribution in [0.3, 0.4) is 0 Å². The van der Waals surface area contributed by atoms with Gasteiger partial charge in [0.1, 0.15) is 17.1 Å². The lowest BCUT2D eigenvalue weighted by atomic mass is 10.2. The standard InChI is InChI=1S/C15H13FN2O/c1-2-18-13-5-3-4-12(16)14(13)17-15(18)10-6-8-11(19)9-7-10/h3-9,19H,2H2,1H3. The quantitative estimate of drug-likeness (QED) is 0.761. The summed E-state index contributed by atoms with van der Waals surface area (Å²) < 4.78 is 15.7. The number of phenols is 1. The van der Waals surface area contributed by atoms with Crippen LogP contribution in [-0.2, 0) is 6.54 Å². The van der Waals surface area contributed by atoms with E-state index in [0.717, 1.165) is 11.1 Å². The number of para-hydroxylation sites is 1. The maximum Gasteiger partial charge on any atom is 0.151 e. The molecule has 0 aliphatic carbocycles. The predicted octanol–water partition coefficient (Wildman–Crippen LogP) is 3.57. The van der Waals surface area contributed by atoms with E-state index in [1.54, 1.807) is 30.3 Å². The highest BCUT2D eigenvalue weighted by Gasteiger charge is 2.13. The van der Waals surface area contributed by atoms with E-state index in [1.807, 2.05) is 17.6 Å². The topological polar surface area (TPSA) is 38.0 Å². The van der Waals surface area contributed by atoms with Crippen LogP contribution in [0.5, 0.6) is 5.75 Å². The molecule has 0 fully saturated rings. The average molecular weight is 256 g/mol. The lowest BCUT2D eigenvalue weighted by molar-refractivity contribution is 0.475. The highest BCUT2D eigenvalue weighted by Crippen LogP contribution is 2.27. The van der Waals surface area contributed by atoms with Crippen molar-refractivity contribution in [3.63, 3.8) is 0 Å². The molecule has 3 aromatic rings. The number of fused-ring (bicyclic) bond motifs is 1. The smallest absolute Gasteiger partial charge is 0.151 e. The Kier molecular flexibility index (Phi) is 2.71. The summed E-state index contributed by atoms with van der Waals surface area (Å²) in [4.78, 5) is 4.39. The second-order valence-electron chi connectivity index (χ2n) is 4.33. The number of aryl methyl sites for hydroxylation is 1. The van der Waals surface area contributed by atoms with Gasteiger partial charge in [0, 0.05) is 12.1 Å². The zero-order valence-corrected chi connectivity index (χ0v) is 10.5. The third kappa shape index (κ3) is 1.85. The third-order valence-electron chi connectivity index (χ3n) is 3.17. The van der Waals surface area contributed by atoms with E-state index in [4.69, 9.17) is 0 Å². The molecule has 0 saturated carbocycles. The molecule has 1 aromatic heterocycles. The van der Waals surface area contributed by atoms with Crippen LogP contribution in [0, 0.1) is 5.82 Å². The molecule has 0 unspecified atom stereocenters. The molecule has 0 saturated heterocycles. The van der Waals surface area contributed by atoms with Crippen molar-refractivity contribution >= 4 is 11.0 Å². The lowest BCUT2D eigenvalue weighted by Gasteiger charge is -2.06. The molecule has 0 spiro atoms. The first-order valence-corrected chi connectivity index (χ1v) is 6.15. The summed E-state index contributed by atoms with van der Waals surface area (Å²) in [6.07, 6.45) is 0. The van der Waals surface area contributed by atoms with Crippen molar-refractivity contribution in [2.45, 2.75) is 13.5 Å². The fourth-order valence-electron chi connectivity index (χ4n) is 2.26. The fraction of sp³-hybridized carbons (Fsp3) is 0.133. The van der Waals surface area contributed by atoms with Crippen LogP contribution < -0.4 is 0 Å². The van der Waals surface area contributed by atoms with Crippen molar-refractivity contribution < 1.29 is 9.50 Å². The van der Waals surface area contributed by atoms with Gasteiger partial charge in [0.25, 0.3) is 0 Å². The van der Waals surface area contributed by atoms with E-state index in [0.29, 0.717) is 17.9 Å². The monoisotopic (exact) mass is 256 g/mol. The third-order valence-corrected chi connectivity index (χ3v) is 3.17. The van der Waals surface area contributed by atoms with Crippen molar-refractivity contribution in [3.8, 4) is 17.1 Å². The summed E-state index contributed by atoms with van der Waals surface area (Å²) in [5, 5.41) is 9.33. The number of phenolic OH excluding ortho intramolecular Hbond substituents is 1. The highest BCUT2D eigenvalue weighted by atomic mass is 19.1. The number of aromatic hydroxyl groups is 1. The van der Waals surface area contributed by atoms with Crippen molar-refractivity contribution in [1.29, 1.82) is 0 Å². The maximum absolute atomic E-state index is 13.8. The number of benzene rings is 2. The molecule has 0 aliphatic heterocycles. The normalized spacial score (nSPS) is 11.1. The van der Waals surface area contributed by atoms with Gasteiger partial charge in [-0.15, -0.1) is 0 Å². The number of nitrogens with zero attached hydrogens (tertiary/aromatic N) is 2. The number of aromatic nitrogens is 2. The molecule has 96 valence electrons. The van der Waals surface area contributed by atoms with Crippen LogP contribution in [-0.4, -0.2) is 14.7 Å². The number of halogens is 1. The van der Waals surface area contributed by atoms with Gasteiger partial charge in [-0.3, -0.25) is 0 Å². The minimum Gasteiger partial charge on any atom is -0.508 e. The van der Waals surface area contributed by atoms with Crippen LogP contribution in [0.4, 0.5) is 4.39 Å². The Morgan fingerprint density at radius 1 is 1.16 bits per heavy atom. The Hall–Kier alpha value is -2.36. The van der Waals surface area contributed by atoms with E-state index in [1.165, 1.54) is 6.07 Å². The molecule has 0 bridgehead atoms. The zero-order chi connectivity index (χ0) is 13.4. The van der Waals surface area contributed by atoms with Crippen LogP contribution in [0.25, 0.3) is 22.4 Å². The summed E-state index contributed by atoms with van der Waals surface area (Å²) in [6, 6.07) is 11.7. The molecule has 3 rings (SSSR count). The first kappa shape index (κ1) is 11.7. The molecule has 19 heavy (non-hydrogen) atoms. The van der Waals surface area contributed by atoms with Gasteiger partial charge in [0.05, 0.1) is 5.52 Å². The average Bonchev–Trinajstić information content (AvgIpc) is 2.79. The molecule has 4 heteroatoms. The number of rotatable bonds is 2. The van der Waals surface area contributed by atoms with E-state index < -0.39 is 0 Å². The molecule has 0 amide bonds. The Morgan fingerprint density at radius 2 is 1.89 bits per heavy atom. The molecule has 0 aliphatic rings. The number of hydrogen-bond acceptors (Lipinski definition) is 2. The van der Waals surface area contributed by atoms with E-state index in [2.05, 4.69) is 4.98 Å².